The van der Waals surface area contributed by atoms with Gasteiger partial charge in [0.05, 0.1) is 5.92 Å². The van der Waals surface area contributed by atoms with Crippen LogP contribution in [0.3, 0.4) is 0 Å². The first-order valence-electron chi connectivity index (χ1n) is 8.50. The van der Waals surface area contributed by atoms with Crippen molar-refractivity contribution in [2.45, 2.75) is 31.6 Å². The molecule has 124 valence electrons. The van der Waals surface area contributed by atoms with E-state index in [0.717, 1.165) is 31.1 Å². The third-order valence-corrected chi connectivity index (χ3v) is 5.01. The number of amides is 2. The SMILES string of the molecule is CNCC1CCN(c2ccc(C3CCC(=O)NC3=O)cc2)CC1. The number of anilines is 1. The zero-order valence-corrected chi connectivity index (χ0v) is 13.7. The van der Waals surface area contributed by atoms with Crippen molar-refractivity contribution in [1.29, 1.82) is 0 Å². The van der Waals surface area contributed by atoms with E-state index in [1.54, 1.807) is 0 Å². The van der Waals surface area contributed by atoms with Crippen molar-refractivity contribution in [3.05, 3.63) is 29.8 Å². The first-order valence-corrected chi connectivity index (χ1v) is 8.50. The van der Waals surface area contributed by atoms with Gasteiger partial charge in [0.25, 0.3) is 0 Å². The van der Waals surface area contributed by atoms with Gasteiger partial charge in [-0.1, -0.05) is 12.1 Å². The predicted molar refractivity (Wildman–Crippen MR) is 90.4 cm³/mol. The van der Waals surface area contributed by atoms with Crippen LogP contribution in [0.5, 0.6) is 0 Å². The normalized spacial score (nSPS) is 23.0. The number of rotatable bonds is 4. The average molecular weight is 315 g/mol. The number of carbonyl (C=O) groups is 2. The van der Waals surface area contributed by atoms with Crippen LogP contribution in [0.1, 0.15) is 37.2 Å². The molecule has 3 rings (SSSR count). The number of benzene rings is 1. The lowest BCUT2D eigenvalue weighted by atomic mass is 9.90. The smallest absolute Gasteiger partial charge is 0.234 e. The molecular weight excluding hydrogens is 290 g/mol. The molecule has 2 heterocycles. The lowest BCUT2D eigenvalue weighted by Gasteiger charge is -2.33. The van der Waals surface area contributed by atoms with E-state index in [9.17, 15) is 9.59 Å². The zero-order chi connectivity index (χ0) is 16.2. The van der Waals surface area contributed by atoms with Crippen LogP contribution in [0.15, 0.2) is 24.3 Å². The second-order valence-corrected chi connectivity index (χ2v) is 6.58. The highest BCUT2D eigenvalue weighted by Crippen LogP contribution is 2.28. The van der Waals surface area contributed by atoms with Crippen molar-refractivity contribution in [3.63, 3.8) is 0 Å². The quantitative estimate of drug-likeness (QED) is 0.829. The number of hydrogen-bond donors (Lipinski definition) is 2. The van der Waals surface area contributed by atoms with Gasteiger partial charge in [-0.3, -0.25) is 14.9 Å². The maximum atomic E-state index is 11.9. The monoisotopic (exact) mass is 315 g/mol. The minimum atomic E-state index is -0.192. The molecule has 2 aliphatic heterocycles. The van der Waals surface area contributed by atoms with Gasteiger partial charge >= 0.3 is 0 Å². The summed E-state index contributed by atoms with van der Waals surface area (Å²) in [6.45, 7) is 3.27. The van der Waals surface area contributed by atoms with Gasteiger partial charge in [-0.05, 0) is 56.5 Å². The molecule has 0 radical (unpaired) electrons. The molecule has 2 fully saturated rings. The van der Waals surface area contributed by atoms with Crippen LogP contribution in [0.4, 0.5) is 5.69 Å². The van der Waals surface area contributed by atoms with Gasteiger partial charge in [0.1, 0.15) is 0 Å². The van der Waals surface area contributed by atoms with Crippen LogP contribution < -0.4 is 15.5 Å². The topological polar surface area (TPSA) is 61.4 Å². The Morgan fingerprint density at radius 2 is 1.83 bits per heavy atom. The molecule has 23 heavy (non-hydrogen) atoms. The Morgan fingerprint density at radius 1 is 1.13 bits per heavy atom. The summed E-state index contributed by atoms with van der Waals surface area (Å²) >= 11 is 0. The summed E-state index contributed by atoms with van der Waals surface area (Å²) in [5.41, 5.74) is 2.23. The van der Waals surface area contributed by atoms with E-state index in [1.807, 2.05) is 19.2 Å². The van der Waals surface area contributed by atoms with Gasteiger partial charge in [0.2, 0.25) is 11.8 Å². The van der Waals surface area contributed by atoms with Gasteiger partial charge in [0.15, 0.2) is 0 Å². The number of nitrogens with one attached hydrogen (secondary N) is 2. The lowest BCUT2D eigenvalue weighted by Crippen LogP contribution is -2.39. The van der Waals surface area contributed by atoms with Crippen molar-refractivity contribution >= 4 is 17.5 Å². The van der Waals surface area contributed by atoms with Gasteiger partial charge in [0, 0.05) is 25.2 Å². The lowest BCUT2D eigenvalue weighted by molar-refractivity contribution is -0.134. The van der Waals surface area contributed by atoms with Crippen molar-refractivity contribution in [3.8, 4) is 0 Å². The molecule has 1 aromatic carbocycles. The summed E-state index contributed by atoms with van der Waals surface area (Å²) in [4.78, 5) is 25.6. The largest absolute Gasteiger partial charge is 0.372 e. The van der Waals surface area contributed by atoms with Crippen molar-refractivity contribution in [2.24, 2.45) is 5.92 Å². The molecule has 5 nitrogen and oxygen atoms in total. The Labute approximate surface area is 137 Å². The summed E-state index contributed by atoms with van der Waals surface area (Å²) in [5.74, 6) is 0.260. The molecule has 0 aliphatic carbocycles. The maximum Gasteiger partial charge on any atom is 0.234 e. The van der Waals surface area contributed by atoms with E-state index in [1.165, 1.54) is 18.5 Å². The van der Waals surface area contributed by atoms with Crippen molar-refractivity contribution in [1.82, 2.24) is 10.6 Å². The highest BCUT2D eigenvalue weighted by molar-refractivity contribution is 6.00. The number of hydrogen-bond acceptors (Lipinski definition) is 4. The van der Waals surface area contributed by atoms with Crippen molar-refractivity contribution < 1.29 is 9.59 Å². The van der Waals surface area contributed by atoms with Crippen LogP contribution in [-0.4, -0.2) is 38.5 Å². The fourth-order valence-electron chi connectivity index (χ4n) is 3.61. The zero-order valence-electron chi connectivity index (χ0n) is 13.7. The minimum absolute atomic E-state index is 0.160. The Balaban J connectivity index is 1.61. The summed E-state index contributed by atoms with van der Waals surface area (Å²) in [6.07, 6.45) is 3.47. The predicted octanol–water partition coefficient (Wildman–Crippen LogP) is 1.64. The average Bonchev–Trinajstić information content (AvgIpc) is 2.56. The second-order valence-electron chi connectivity index (χ2n) is 6.58. The number of piperidine rings is 2. The van der Waals surface area contributed by atoms with Crippen LogP contribution in [0.25, 0.3) is 0 Å². The standard InChI is InChI=1S/C18H25N3O2/c1-19-12-13-8-10-21(11-9-13)15-4-2-14(3-5-15)16-6-7-17(22)20-18(16)23/h2-5,13,16,19H,6-12H2,1H3,(H,20,22,23). The Kier molecular flexibility index (Phi) is 4.96. The Hall–Kier alpha value is -1.88. The van der Waals surface area contributed by atoms with E-state index in [4.69, 9.17) is 0 Å². The molecule has 0 bridgehead atoms. The first-order chi connectivity index (χ1) is 11.2. The number of carbonyl (C=O) groups excluding carboxylic acids is 2. The summed E-state index contributed by atoms with van der Waals surface area (Å²) in [7, 11) is 2.01. The maximum absolute atomic E-state index is 11.9. The van der Waals surface area contributed by atoms with Crippen LogP contribution in [0.2, 0.25) is 0 Å². The molecule has 5 heteroatoms. The van der Waals surface area contributed by atoms with Crippen LogP contribution in [-0.2, 0) is 9.59 Å². The van der Waals surface area contributed by atoms with Crippen molar-refractivity contribution in [2.75, 3.05) is 31.6 Å². The minimum Gasteiger partial charge on any atom is -0.372 e. The number of imide groups is 1. The molecule has 0 saturated carbocycles. The van der Waals surface area contributed by atoms with Gasteiger partial charge in [-0.15, -0.1) is 0 Å². The molecule has 1 unspecified atom stereocenters. The first kappa shape index (κ1) is 16.0. The third-order valence-electron chi connectivity index (χ3n) is 5.01. The molecule has 1 aromatic rings. The Bertz CT molecular complexity index is 562. The van der Waals surface area contributed by atoms with Crippen LogP contribution in [0, 0.1) is 5.92 Å². The summed E-state index contributed by atoms with van der Waals surface area (Å²) < 4.78 is 0. The fourth-order valence-corrected chi connectivity index (χ4v) is 3.61. The molecule has 0 aromatic heterocycles. The molecular formula is C18H25N3O2. The molecule has 2 amide bonds. The molecule has 1 atom stereocenters. The number of nitrogens with zero attached hydrogens (tertiary/aromatic N) is 1. The Morgan fingerprint density at radius 3 is 2.43 bits per heavy atom. The molecule has 2 aliphatic rings. The summed E-state index contributed by atoms with van der Waals surface area (Å²) in [6, 6.07) is 8.29. The highest BCUT2D eigenvalue weighted by Gasteiger charge is 2.28. The van der Waals surface area contributed by atoms with E-state index in [2.05, 4.69) is 27.7 Å². The van der Waals surface area contributed by atoms with E-state index >= 15 is 0 Å². The van der Waals surface area contributed by atoms with Gasteiger partial charge in [-0.25, -0.2) is 0 Å². The van der Waals surface area contributed by atoms with E-state index < -0.39 is 0 Å². The highest BCUT2D eigenvalue weighted by atomic mass is 16.2. The van der Waals surface area contributed by atoms with Gasteiger partial charge in [-0.2, -0.15) is 0 Å². The summed E-state index contributed by atoms with van der Waals surface area (Å²) in [5, 5.41) is 5.69. The fraction of sp³-hybridized carbons (Fsp3) is 0.556. The van der Waals surface area contributed by atoms with Gasteiger partial charge < -0.3 is 10.2 Å². The van der Waals surface area contributed by atoms with E-state index in [-0.39, 0.29) is 17.7 Å². The molecule has 0 spiro atoms. The third kappa shape index (κ3) is 3.72. The second kappa shape index (κ2) is 7.13. The van der Waals surface area contributed by atoms with Crippen LogP contribution >= 0.6 is 0 Å². The molecule has 2 N–H and O–H groups in total. The van der Waals surface area contributed by atoms with E-state index in [0.29, 0.717) is 12.8 Å². The molecule has 2 saturated heterocycles.